The van der Waals surface area contributed by atoms with Gasteiger partial charge in [-0.15, -0.1) is 0 Å². The maximum absolute atomic E-state index is 13.2. The summed E-state index contributed by atoms with van der Waals surface area (Å²) in [5.74, 6) is 0.535. The summed E-state index contributed by atoms with van der Waals surface area (Å²) in [6.45, 7) is 6.98. The van der Waals surface area contributed by atoms with E-state index in [1.807, 2.05) is 0 Å². The highest BCUT2D eigenvalue weighted by Crippen LogP contribution is 2.27. The monoisotopic (exact) mass is 340 g/mol. The van der Waals surface area contributed by atoms with Gasteiger partial charge in [0, 0.05) is 44.9 Å². The zero-order chi connectivity index (χ0) is 16.8. The van der Waals surface area contributed by atoms with E-state index in [1.54, 1.807) is 0 Å². The number of piperazine rings is 1. The molecule has 3 aliphatic rings. The van der Waals surface area contributed by atoms with E-state index in [-0.39, 0.29) is 5.92 Å². The first-order valence-electron chi connectivity index (χ1n) is 10.2. The number of Topliss-reactive ketones (excluding diaryl/α,β-unsaturated/α-hetero) is 1. The van der Waals surface area contributed by atoms with Gasteiger partial charge in [-0.1, -0.05) is 0 Å². The number of piperidine rings is 1. The van der Waals surface area contributed by atoms with Crippen LogP contribution >= 0.6 is 0 Å². The number of carbonyl (C=O) groups excluding carboxylic acids is 1. The van der Waals surface area contributed by atoms with Crippen LogP contribution in [0.15, 0.2) is 0 Å². The van der Waals surface area contributed by atoms with Crippen LogP contribution in [-0.4, -0.2) is 67.2 Å². The van der Waals surface area contributed by atoms with E-state index in [0.29, 0.717) is 31.2 Å². The lowest BCUT2D eigenvalue weighted by molar-refractivity contribution is -0.717. The molecule has 0 aromatic rings. The number of hydrogen-bond acceptors (Lipinski definition) is 3. The number of hydrogen-bond donors (Lipinski definition) is 1. The fourth-order valence-corrected chi connectivity index (χ4v) is 4.63. The quantitative estimate of drug-likeness (QED) is 0.798. The predicted molar refractivity (Wildman–Crippen MR) is 93.5 cm³/mol. The van der Waals surface area contributed by atoms with Crippen molar-refractivity contribution >= 4 is 5.78 Å². The third kappa shape index (κ3) is 5.24. The molecule has 0 spiro atoms. The Hall–Kier alpha value is -0.520. The fraction of sp³-hybridized carbons (Fsp3) is 0.947. The molecular weight excluding hydrogens is 305 g/mol. The zero-order valence-electron chi connectivity index (χ0n) is 15.1. The largest absolute Gasteiger partial charge is 0.331 e. The summed E-state index contributed by atoms with van der Waals surface area (Å²) < 4.78 is 13.2. The summed E-state index contributed by atoms with van der Waals surface area (Å²) in [7, 11) is 0. The molecular formula is C19H35FN3O+. The molecule has 1 saturated carbocycles. The first-order valence-corrected chi connectivity index (χ1v) is 10.2. The molecule has 4 nitrogen and oxygen atoms in total. The van der Waals surface area contributed by atoms with Crippen LogP contribution in [0.1, 0.15) is 57.8 Å². The Kier molecular flexibility index (Phi) is 7.05. The van der Waals surface area contributed by atoms with E-state index in [2.05, 4.69) is 15.1 Å². The van der Waals surface area contributed by atoms with Gasteiger partial charge in [-0.3, -0.25) is 9.69 Å². The molecule has 1 atom stereocenters. The Labute approximate surface area is 146 Å². The van der Waals surface area contributed by atoms with Gasteiger partial charge in [-0.25, -0.2) is 4.39 Å². The number of ketones is 1. The van der Waals surface area contributed by atoms with Gasteiger partial charge in [-0.05, 0) is 51.5 Å². The Morgan fingerprint density at radius 2 is 1.75 bits per heavy atom. The van der Waals surface area contributed by atoms with E-state index in [1.165, 1.54) is 38.9 Å². The Morgan fingerprint density at radius 3 is 2.42 bits per heavy atom. The van der Waals surface area contributed by atoms with Crippen molar-refractivity contribution in [3.05, 3.63) is 0 Å². The summed E-state index contributed by atoms with van der Waals surface area (Å²) in [4.78, 5) is 17.4. The second kappa shape index (κ2) is 9.25. The van der Waals surface area contributed by atoms with E-state index in [9.17, 15) is 9.18 Å². The molecule has 2 heterocycles. The molecule has 0 aromatic heterocycles. The van der Waals surface area contributed by atoms with Crippen molar-refractivity contribution < 1.29 is 14.5 Å². The van der Waals surface area contributed by atoms with E-state index < -0.39 is 6.17 Å². The number of nitrogens with two attached hydrogens (primary N) is 1. The molecule has 0 radical (unpaired) electrons. The van der Waals surface area contributed by atoms with Crippen LogP contribution in [0.25, 0.3) is 0 Å². The van der Waals surface area contributed by atoms with Gasteiger partial charge in [0.25, 0.3) is 0 Å². The maximum Gasteiger partial charge on any atom is 0.142 e. The highest BCUT2D eigenvalue weighted by atomic mass is 19.1. The lowest BCUT2D eigenvalue weighted by Crippen LogP contribution is -2.95. The molecule has 3 rings (SSSR count). The second-order valence-corrected chi connectivity index (χ2v) is 7.98. The van der Waals surface area contributed by atoms with Crippen LogP contribution in [0.5, 0.6) is 0 Å². The molecule has 5 heteroatoms. The number of quaternary nitrogens is 1. The third-order valence-electron chi connectivity index (χ3n) is 6.28. The summed E-state index contributed by atoms with van der Waals surface area (Å²) in [5.41, 5.74) is 0. The van der Waals surface area contributed by atoms with E-state index in [0.717, 1.165) is 38.9 Å². The molecule has 138 valence electrons. The highest BCUT2D eigenvalue weighted by Gasteiger charge is 2.28. The van der Waals surface area contributed by atoms with Crippen molar-refractivity contribution in [1.29, 1.82) is 0 Å². The molecule has 3 fully saturated rings. The van der Waals surface area contributed by atoms with Gasteiger partial charge >= 0.3 is 0 Å². The van der Waals surface area contributed by atoms with Crippen LogP contribution in [0, 0.1) is 5.92 Å². The van der Waals surface area contributed by atoms with E-state index >= 15 is 0 Å². The minimum atomic E-state index is -0.660. The average Bonchev–Trinajstić information content (AvgIpc) is 2.63. The fourth-order valence-electron chi connectivity index (χ4n) is 4.63. The topological polar surface area (TPSA) is 40.2 Å². The van der Waals surface area contributed by atoms with Crippen molar-refractivity contribution in [2.75, 3.05) is 39.3 Å². The van der Waals surface area contributed by atoms with E-state index in [4.69, 9.17) is 0 Å². The summed E-state index contributed by atoms with van der Waals surface area (Å²) >= 11 is 0. The molecule has 2 N–H and O–H groups in total. The van der Waals surface area contributed by atoms with Gasteiger partial charge in [0.1, 0.15) is 18.1 Å². The Balaban J connectivity index is 1.28. The van der Waals surface area contributed by atoms with Crippen molar-refractivity contribution in [3.63, 3.8) is 0 Å². The van der Waals surface area contributed by atoms with Gasteiger partial charge in [0.2, 0.25) is 0 Å². The Morgan fingerprint density at radius 1 is 1.00 bits per heavy atom. The number of nitrogens with zero attached hydrogens (tertiary/aromatic N) is 2. The average molecular weight is 341 g/mol. The van der Waals surface area contributed by atoms with Crippen molar-refractivity contribution in [3.8, 4) is 0 Å². The molecule has 0 amide bonds. The lowest BCUT2D eigenvalue weighted by atomic mass is 9.84. The van der Waals surface area contributed by atoms with Crippen LogP contribution in [0.4, 0.5) is 4.39 Å². The first kappa shape index (κ1) is 18.3. The predicted octanol–water partition coefficient (Wildman–Crippen LogP) is 1.56. The second-order valence-electron chi connectivity index (χ2n) is 7.98. The van der Waals surface area contributed by atoms with Gasteiger partial charge in [-0.2, -0.15) is 0 Å². The summed E-state index contributed by atoms with van der Waals surface area (Å²) in [5, 5.41) is 2.52. The van der Waals surface area contributed by atoms with Crippen LogP contribution < -0.4 is 5.32 Å². The van der Waals surface area contributed by atoms with Crippen LogP contribution in [0.2, 0.25) is 0 Å². The highest BCUT2D eigenvalue weighted by molar-refractivity contribution is 5.81. The molecule has 1 unspecified atom stereocenters. The number of rotatable bonds is 6. The van der Waals surface area contributed by atoms with Crippen molar-refractivity contribution in [2.45, 2.75) is 70.1 Å². The zero-order valence-corrected chi connectivity index (χ0v) is 15.1. The van der Waals surface area contributed by atoms with Gasteiger partial charge in [0.15, 0.2) is 0 Å². The molecule has 24 heavy (non-hydrogen) atoms. The molecule has 0 aromatic carbocycles. The minimum Gasteiger partial charge on any atom is -0.331 e. The Bertz CT molecular complexity index is 384. The maximum atomic E-state index is 13.2. The third-order valence-corrected chi connectivity index (χ3v) is 6.28. The van der Waals surface area contributed by atoms with Crippen molar-refractivity contribution in [1.82, 2.24) is 9.80 Å². The standard InChI is InChI=1S/C19H34FN3O/c20-17-8-6-16(7-9-17)18(24)4-3-11-22-12-14-23(15-13-22)19-5-1-2-10-21-19/h16-17,19,21H,1-15H2/p+1. The van der Waals surface area contributed by atoms with Gasteiger partial charge < -0.3 is 10.2 Å². The number of halogens is 1. The lowest BCUT2D eigenvalue weighted by Gasteiger charge is -2.39. The number of alkyl halides is 1. The summed E-state index contributed by atoms with van der Waals surface area (Å²) in [6, 6.07) is 0. The SMILES string of the molecule is O=C(CCCN1CCN(C2CCCC[NH2+]2)CC1)C1CCC(F)CC1. The van der Waals surface area contributed by atoms with Gasteiger partial charge in [0.05, 0.1) is 6.54 Å². The van der Waals surface area contributed by atoms with Crippen LogP contribution in [-0.2, 0) is 4.79 Å². The molecule has 0 bridgehead atoms. The first-order chi connectivity index (χ1) is 11.7. The smallest absolute Gasteiger partial charge is 0.142 e. The summed E-state index contributed by atoms with van der Waals surface area (Å²) in [6.07, 6.45) is 8.56. The van der Waals surface area contributed by atoms with Crippen molar-refractivity contribution in [2.24, 2.45) is 5.92 Å². The minimum absolute atomic E-state index is 0.149. The normalized spacial score (nSPS) is 33.5. The number of carbonyl (C=O) groups is 1. The molecule has 2 saturated heterocycles. The van der Waals surface area contributed by atoms with Crippen LogP contribution in [0.3, 0.4) is 0 Å². The molecule has 2 aliphatic heterocycles. The molecule has 1 aliphatic carbocycles.